The number of rotatable bonds is 5. The maximum atomic E-state index is 14.5. The summed E-state index contributed by atoms with van der Waals surface area (Å²) in [6, 6.07) is 12.6. The van der Waals surface area contributed by atoms with Gasteiger partial charge in [-0.25, -0.2) is 9.37 Å². The molecular weight excluding hydrogens is 551 g/mol. The number of hydrogen-bond donors (Lipinski definition) is 2. The summed E-state index contributed by atoms with van der Waals surface area (Å²) in [7, 11) is 0. The zero-order chi connectivity index (χ0) is 28.8. The van der Waals surface area contributed by atoms with Crippen molar-refractivity contribution in [1.29, 1.82) is 0 Å². The number of hydrogen-bond acceptors (Lipinski definition) is 4. The first-order chi connectivity index (χ1) is 18.1. The molecule has 0 saturated heterocycles. The maximum Gasteiger partial charge on any atom is 0.435 e. The van der Waals surface area contributed by atoms with Crippen molar-refractivity contribution in [3.63, 3.8) is 0 Å². The van der Waals surface area contributed by atoms with Crippen LogP contribution < -0.4 is 10.6 Å². The van der Waals surface area contributed by atoms with E-state index in [0.717, 1.165) is 30.6 Å². The van der Waals surface area contributed by atoms with Gasteiger partial charge in [-0.2, -0.15) is 26.3 Å². The number of halogens is 7. The molecule has 0 unspecified atom stereocenters. The summed E-state index contributed by atoms with van der Waals surface area (Å²) >= 11 is 1.01. The van der Waals surface area contributed by atoms with E-state index >= 15 is 0 Å². The van der Waals surface area contributed by atoms with E-state index in [1.165, 1.54) is 17.5 Å². The molecule has 2 amide bonds. The first-order valence-corrected chi connectivity index (χ1v) is 12.0. The zero-order valence-corrected chi connectivity index (χ0v) is 20.9. The molecule has 0 aliphatic carbocycles. The van der Waals surface area contributed by atoms with Crippen LogP contribution in [0.1, 0.15) is 37.5 Å². The summed E-state index contributed by atoms with van der Waals surface area (Å²) in [5, 5.41) is 7.58. The number of fused-ring (bicyclic) bond motifs is 1. The maximum absolute atomic E-state index is 14.5. The highest BCUT2D eigenvalue weighted by atomic mass is 32.1. The molecule has 0 aliphatic heterocycles. The molecule has 0 aliphatic rings. The molecule has 13 heteroatoms. The van der Waals surface area contributed by atoms with Crippen molar-refractivity contribution >= 4 is 44.7 Å². The lowest BCUT2D eigenvalue weighted by molar-refractivity contribution is -0.348. The van der Waals surface area contributed by atoms with E-state index in [-0.39, 0.29) is 28.1 Å². The van der Waals surface area contributed by atoms with Crippen LogP contribution in [-0.2, 0) is 5.67 Å². The first kappa shape index (κ1) is 28.0. The van der Waals surface area contributed by atoms with Crippen molar-refractivity contribution in [2.75, 3.05) is 10.6 Å². The lowest BCUT2D eigenvalue weighted by Gasteiger charge is -2.31. The normalized spacial score (nSPS) is 12.4. The van der Waals surface area contributed by atoms with Gasteiger partial charge < -0.3 is 10.6 Å². The highest BCUT2D eigenvalue weighted by Gasteiger charge is 2.73. The summed E-state index contributed by atoms with van der Waals surface area (Å²) in [4.78, 5) is 29.7. The van der Waals surface area contributed by atoms with Gasteiger partial charge in [0.2, 0.25) is 0 Å². The molecule has 2 N–H and O–H groups in total. The predicted octanol–water partition coefficient (Wildman–Crippen LogP) is 7.71. The van der Waals surface area contributed by atoms with Crippen LogP contribution in [0.25, 0.3) is 10.9 Å². The molecule has 4 aromatic rings. The van der Waals surface area contributed by atoms with Crippen LogP contribution in [0.4, 0.5) is 41.4 Å². The first-order valence-electron chi connectivity index (χ1n) is 11.1. The van der Waals surface area contributed by atoms with Gasteiger partial charge in [-0.15, -0.1) is 11.3 Å². The number of para-hydroxylation sites is 1. The summed E-state index contributed by atoms with van der Waals surface area (Å²) < 4.78 is 93.4. The number of alkyl halides is 7. The van der Waals surface area contributed by atoms with E-state index in [1.54, 1.807) is 18.2 Å². The number of aromatic nitrogens is 1. The number of nitrogens with zero attached hydrogens (tertiary/aromatic N) is 1. The van der Waals surface area contributed by atoms with Gasteiger partial charge >= 0.3 is 18.0 Å². The highest BCUT2D eigenvalue weighted by molar-refractivity contribution is 7.14. The molecule has 39 heavy (non-hydrogen) atoms. The van der Waals surface area contributed by atoms with Crippen LogP contribution in [-0.4, -0.2) is 29.2 Å². The molecule has 0 fully saturated rings. The minimum atomic E-state index is -6.26. The van der Waals surface area contributed by atoms with Gasteiger partial charge in [0.25, 0.3) is 11.8 Å². The van der Waals surface area contributed by atoms with Crippen molar-refractivity contribution in [3.8, 4) is 0 Å². The van der Waals surface area contributed by atoms with E-state index in [0.29, 0.717) is 22.7 Å². The molecule has 0 saturated carbocycles. The summed E-state index contributed by atoms with van der Waals surface area (Å²) in [6.07, 6.45) is -12.5. The number of carbonyl (C=O) groups excluding carboxylic acids is 2. The Labute approximate surface area is 220 Å². The largest absolute Gasteiger partial charge is 0.435 e. The van der Waals surface area contributed by atoms with Crippen LogP contribution in [0.3, 0.4) is 0 Å². The van der Waals surface area contributed by atoms with E-state index in [4.69, 9.17) is 0 Å². The van der Waals surface area contributed by atoms with Crippen LogP contribution in [0.5, 0.6) is 0 Å². The van der Waals surface area contributed by atoms with E-state index < -0.39 is 35.4 Å². The third-order valence-corrected chi connectivity index (χ3v) is 6.73. The monoisotopic (exact) mass is 569 g/mol. The lowest BCUT2D eigenvalue weighted by atomic mass is 9.90. The van der Waals surface area contributed by atoms with Gasteiger partial charge in [0.15, 0.2) is 0 Å². The van der Waals surface area contributed by atoms with Gasteiger partial charge in [-0.3, -0.25) is 9.59 Å². The number of pyridine rings is 1. The Morgan fingerprint density at radius 3 is 2.03 bits per heavy atom. The second-order valence-electron chi connectivity index (χ2n) is 8.64. The van der Waals surface area contributed by atoms with Crippen molar-refractivity contribution in [3.05, 3.63) is 87.9 Å². The van der Waals surface area contributed by atoms with Crippen molar-refractivity contribution in [2.24, 2.45) is 0 Å². The number of anilines is 2. The van der Waals surface area contributed by atoms with E-state index in [1.807, 2.05) is 12.1 Å². The Kier molecular flexibility index (Phi) is 7.15. The molecule has 204 valence electrons. The van der Waals surface area contributed by atoms with Gasteiger partial charge in [0, 0.05) is 22.0 Å². The molecule has 4 rings (SSSR count). The fourth-order valence-electron chi connectivity index (χ4n) is 3.92. The summed E-state index contributed by atoms with van der Waals surface area (Å²) in [5.41, 5.74) is -6.90. The molecule has 2 aromatic carbocycles. The van der Waals surface area contributed by atoms with Gasteiger partial charge in [-0.1, -0.05) is 36.4 Å². The molecule has 0 bridgehead atoms. The Morgan fingerprint density at radius 2 is 1.41 bits per heavy atom. The number of benzene rings is 2. The fourth-order valence-corrected chi connectivity index (χ4v) is 4.70. The van der Waals surface area contributed by atoms with Crippen LogP contribution in [0.2, 0.25) is 0 Å². The molecule has 0 spiro atoms. The third kappa shape index (κ3) is 5.31. The number of aryl methyl sites for hydroxylation is 2. The molecule has 0 atom stereocenters. The molecule has 2 heterocycles. The number of thiophene rings is 1. The van der Waals surface area contributed by atoms with Crippen molar-refractivity contribution < 1.29 is 40.3 Å². The standard InChI is InChI=1S/C26H18F7N3O2S/c1-13-9-17(24(27,25(28,29)30)26(31,32)33)10-14(2)21(13)36-22(37)16-11-20(39-12-16)35-23(38)19-8-7-15-5-3-4-6-18(15)34-19/h3-12H,1-2H3,(H,35,38)(H,36,37). The SMILES string of the molecule is Cc1cc(C(F)(C(F)(F)F)C(F)(F)F)cc(C)c1NC(=O)c1csc(NC(=O)c2ccc3ccccc3n2)c1. The zero-order valence-electron chi connectivity index (χ0n) is 20.1. The number of nitrogens with one attached hydrogen (secondary N) is 2. The average molecular weight is 570 g/mol. The van der Waals surface area contributed by atoms with Gasteiger partial charge in [0.1, 0.15) is 5.69 Å². The Balaban J connectivity index is 1.52. The Bertz CT molecular complexity index is 1540. The minimum absolute atomic E-state index is 0.0649. The van der Waals surface area contributed by atoms with E-state index in [9.17, 15) is 40.3 Å². The molecular formula is C26H18F7N3O2S. The second kappa shape index (κ2) is 9.95. The van der Waals surface area contributed by atoms with Crippen LogP contribution in [0, 0.1) is 13.8 Å². The molecule has 2 aromatic heterocycles. The Hall–Kier alpha value is -4.00. The number of amides is 2. The van der Waals surface area contributed by atoms with Crippen LogP contribution in [0.15, 0.2) is 60.0 Å². The van der Waals surface area contributed by atoms with Crippen molar-refractivity contribution in [2.45, 2.75) is 31.9 Å². The second-order valence-corrected chi connectivity index (χ2v) is 9.55. The minimum Gasteiger partial charge on any atom is -0.321 e. The average Bonchev–Trinajstić information content (AvgIpc) is 3.32. The Morgan fingerprint density at radius 1 is 0.795 bits per heavy atom. The third-order valence-electron chi connectivity index (χ3n) is 5.88. The van der Waals surface area contributed by atoms with Crippen molar-refractivity contribution in [1.82, 2.24) is 4.98 Å². The van der Waals surface area contributed by atoms with E-state index in [2.05, 4.69) is 15.6 Å². The highest BCUT2D eigenvalue weighted by Crippen LogP contribution is 2.53. The van der Waals surface area contributed by atoms with Gasteiger partial charge in [0.05, 0.1) is 16.1 Å². The number of carbonyl (C=O) groups is 2. The molecule has 0 radical (unpaired) electrons. The topological polar surface area (TPSA) is 71.1 Å². The quantitative estimate of drug-likeness (QED) is 0.242. The van der Waals surface area contributed by atoms with Gasteiger partial charge in [-0.05, 0) is 43.2 Å². The molecule has 5 nitrogen and oxygen atoms in total. The summed E-state index contributed by atoms with van der Waals surface area (Å²) in [5.74, 6) is -1.27. The lowest BCUT2D eigenvalue weighted by Crippen LogP contribution is -2.50. The van der Waals surface area contributed by atoms with Crippen LogP contribution >= 0.6 is 11.3 Å². The predicted molar refractivity (Wildman–Crippen MR) is 133 cm³/mol. The summed E-state index contributed by atoms with van der Waals surface area (Å²) in [6.45, 7) is 2.30. The smallest absolute Gasteiger partial charge is 0.321 e. The fraction of sp³-hybridized carbons (Fsp3) is 0.192.